The third kappa shape index (κ3) is 2.15. The average Bonchev–Trinajstić information content (AvgIpc) is 2.64. The first-order valence-corrected chi connectivity index (χ1v) is 5.33. The number of aryl methyl sites for hydroxylation is 1. The summed E-state index contributed by atoms with van der Waals surface area (Å²) in [6, 6.07) is 0. The van der Waals surface area contributed by atoms with E-state index in [1.54, 1.807) is 7.05 Å². The molecule has 10 nitrogen and oxygen atoms in total. The summed E-state index contributed by atoms with van der Waals surface area (Å²) in [7, 11) is 1.54. The van der Waals surface area contributed by atoms with Gasteiger partial charge in [-0.1, -0.05) is 0 Å². The maximum atomic E-state index is 11.4. The molecule has 0 radical (unpaired) electrons. The smallest absolute Gasteiger partial charge is 0.358 e. The Bertz CT molecular complexity index is 715. The summed E-state index contributed by atoms with van der Waals surface area (Å²) in [4.78, 5) is 37.8. The molecule has 94 valence electrons. The third-order valence-electron chi connectivity index (χ3n) is 1.91. The van der Waals surface area contributed by atoms with Crippen molar-refractivity contribution >= 4 is 17.6 Å². The van der Waals surface area contributed by atoms with Crippen LogP contribution in [0, 0.1) is 10.1 Å². The van der Waals surface area contributed by atoms with Crippen molar-refractivity contribution in [2.24, 2.45) is 7.05 Å². The van der Waals surface area contributed by atoms with E-state index in [9.17, 15) is 19.7 Å². The zero-order valence-corrected chi connectivity index (χ0v) is 9.72. The van der Waals surface area contributed by atoms with Gasteiger partial charge in [-0.15, -0.1) is 0 Å². The molecule has 0 aromatic carbocycles. The van der Waals surface area contributed by atoms with Crippen molar-refractivity contribution in [1.82, 2.24) is 24.7 Å². The minimum Gasteiger partial charge on any atom is -0.358 e. The molecule has 0 aliphatic heterocycles. The largest absolute Gasteiger partial charge is 0.396 e. The van der Waals surface area contributed by atoms with Crippen LogP contribution in [0.15, 0.2) is 26.0 Å². The van der Waals surface area contributed by atoms with Crippen molar-refractivity contribution in [1.29, 1.82) is 0 Å². The fourth-order valence-corrected chi connectivity index (χ4v) is 1.97. The zero-order valence-electron chi connectivity index (χ0n) is 8.91. The zero-order chi connectivity index (χ0) is 13.3. The number of nitrogens with zero attached hydrogens (tertiary/aromatic N) is 4. The number of nitrogens with one attached hydrogen (secondary N) is 2. The molecule has 2 rings (SSSR count). The number of hydrogen-bond acceptors (Lipinski definition) is 7. The minimum atomic E-state index is -0.746. The van der Waals surface area contributed by atoms with Gasteiger partial charge in [-0.05, 0) is 21.7 Å². The lowest BCUT2D eigenvalue weighted by atomic mass is 10.8. The Morgan fingerprint density at radius 3 is 2.83 bits per heavy atom. The van der Waals surface area contributed by atoms with Crippen molar-refractivity contribution in [3.8, 4) is 0 Å². The molecule has 2 heterocycles. The number of hydrogen-bond donors (Lipinski definition) is 2. The number of imidazole rings is 1. The molecule has 0 fully saturated rings. The molecule has 2 aromatic heterocycles. The molecule has 0 aliphatic rings. The SMILES string of the molecule is Cn1cnc([N+](=O)[O-])c1Sc1n[nH]c(=O)[nH]c1=O. The molecular weight excluding hydrogens is 264 g/mol. The van der Waals surface area contributed by atoms with Gasteiger partial charge in [0.2, 0.25) is 6.33 Å². The van der Waals surface area contributed by atoms with Gasteiger partial charge in [0, 0.05) is 7.05 Å². The molecule has 0 amide bonds. The second-order valence-corrected chi connectivity index (χ2v) is 4.13. The minimum absolute atomic E-state index is 0.110. The molecule has 0 bridgehead atoms. The van der Waals surface area contributed by atoms with Gasteiger partial charge in [-0.3, -0.25) is 9.78 Å². The van der Waals surface area contributed by atoms with E-state index in [1.165, 1.54) is 10.9 Å². The summed E-state index contributed by atoms with van der Waals surface area (Å²) in [5, 5.41) is 16.3. The van der Waals surface area contributed by atoms with E-state index in [2.05, 4.69) is 10.1 Å². The Hall–Kier alpha value is -2.43. The van der Waals surface area contributed by atoms with Gasteiger partial charge in [0.15, 0.2) is 10.1 Å². The summed E-state index contributed by atoms with van der Waals surface area (Å²) in [6.45, 7) is 0. The van der Waals surface area contributed by atoms with Crippen molar-refractivity contribution in [2.45, 2.75) is 10.1 Å². The number of rotatable bonds is 3. The quantitative estimate of drug-likeness (QED) is 0.552. The monoisotopic (exact) mass is 270 g/mol. The lowest BCUT2D eigenvalue weighted by Gasteiger charge is -1.99. The Kier molecular flexibility index (Phi) is 2.97. The van der Waals surface area contributed by atoms with Crippen LogP contribution in [0.3, 0.4) is 0 Å². The van der Waals surface area contributed by atoms with Crippen LogP contribution in [-0.4, -0.2) is 29.7 Å². The number of nitro groups is 1. The van der Waals surface area contributed by atoms with Gasteiger partial charge < -0.3 is 14.7 Å². The summed E-state index contributed by atoms with van der Waals surface area (Å²) >= 11 is 0.745. The van der Waals surface area contributed by atoms with Crippen LogP contribution in [0.2, 0.25) is 0 Å². The lowest BCUT2D eigenvalue weighted by Crippen LogP contribution is -2.25. The van der Waals surface area contributed by atoms with E-state index >= 15 is 0 Å². The molecule has 0 atom stereocenters. The highest BCUT2D eigenvalue weighted by Gasteiger charge is 2.22. The highest BCUT2D eigenvalue weighted by molar-refractivity contribution is 7.99. The predicted molar refractivity (Wildman–Crippen MR) is 59.5 cm³/mol. The summed E-state index contributed by atoms with van der Waals surface area (Å²) in [6.07, 6.45) is 1.25. The van der Waals surface area contributed by atoms with Crippen molar-refractivity contribution in [3.63, 3.8) is 0 Å². The second kappa shape index (κ2) is 4.44. The maximum absolute atomic E-state index is 11.4. The molecule has 0 aliphatic carbocycles. The maximum Gasteiger partial charge on any atom is 0.396 e. The van der Waals surface area contributed by atoms with E-state index in [4.69, 9.17) is 0 Å². The van der Waals surface area contributed by atoms with Crippen LogP contribution < -0.4 is 11.2 Å². The highest BCUT2D eigenvalue weighted by Crippen LogP contribution is 2.30. The normalized spacial score (nSPS) is 10.5. The Labute approximate surface area is 102 Å². The van der Waals surface area contributed by atoms with Crippen LogP contribution >= 0.6 is 11.8 Å². The molecule has 0 unspecified atom stereocenters. The van der Waals surface area contributed by atoms with Gasteiger partial charge >= 0.3 is 11.5 Å². The van der Waals surface area contributed by atoms with Crippen molar-refractivity contribution < 1.29 is 4.92 Å². The molecule has 0 spiro atoms. The van der Waals surface area contributed by atoms with Crippen LogP contribution in [0.4, 0.5) is 5.82 Å². The fraction of sp³-hybridized carbons (Fsp3) is 0.143. The number of H-pyrrole nitrogens is 2. The second-order valence-electron chi connectivity index (χ2n) is 3.16. The van der Waals surface area contributed by atoms with Gasteiger partial charge in [-0.25, -0.2) is 9.89 Å². The van der Waals surface area contributed by atoms with Gasteiger partial charge in [0.1, 0.15) is 0 Å². The van der Waals surface area contributed by atoms with Crippen LogP contribution in [0.5, 0.6) is 0 Å². The number of aromatic amines is 2. The Balaban J connectivity index is 2.46. The molecule has 0 saturated carbocycles. The van der Waals surface area contributed by atoms with Crippen LogP contribution in [-0.2, 0) is 7.05 Å². The molecule has 2 aromatic rings. The highest BCUT2D eigenvalue weighted by atomic mass is 32.2. The first-order chi connectivity index (χ1) is 8.49. The Morgan fingerprint density at radius 2 is 2.22 bits per heavy atom. The van der Waals surface area contributed by atoms with E-state index in [-0.39, 0.29) is 15.9 Å². The van der Waals surface area contributed by atoms with E-state index in [0.29, 0.717) is 0 Å². The van der Waals surface area contributed by atoms with Gasteiger partial charge in [0.05, 0.1) is 0 Å². The molecule has 2 N–H and O–H groups in total. The summed E-state index contributed by atoms with van der Waals surface area (Å²) < 4.78 is 1.38. The van der Waals surface area contributed by atoms with Crippen LogP contribution in [0.25, 0.3) is 0 Å². The van der Waals surface area contributed by atoms with Crippen molar-refractivity contribution in [2.75, 3.05) is 0 Å². The lowest BCUT2D eigenvalue weighted by molar-refractivity contribution is -0.392. The van der Waals surface area contributed by atoms with Crippen molar-refractivity contribution in [3.05, 3.63) is 37.3 Å². The summed E-state index contributed by atoms with van der Waals surface area (Å²) in [5.41, 5.74) is -1.47. The van der Waals surface area contributed by atoms with E-state index in [1.807, 2.05) is 10.1 Å². The molecular formula is C7H6N6O4S. The Morgan fingerprint density at radius 1 is 1.50 bits per heavy atom. The van der Waals surface area contributed by atoms with E-state index in [0.717, 1.165) is 11.8 Å². The fourth-order valence-electron chi connectivity index (χ4n) is 1.15. The van der Waals surface area contributed by atoms with Crippen LogP contribution in [0.1, 0.15) is 0 Å². The third-order valence-corrected chi connectivity index (χ3v) is 3.05. The van der Waals surface area contributed by atoms with Gasteiger partial charge in [-0.2, -0.15) is 5.10 Å². The number of aromatic nitrogens is 5. The van der Waals surface area contributed by atoms with Gasteiger partial charge in [0.25, 0.3) is 5.56 Å². The molecule has 11 heteroatoms. The average molecular weight is 270 g/mol. The summed E-state index contributed by atoms with van der Waals surface area (Å²) in [5.74, 6) is -0.380. The first-order valence-electron chi connectivity index (χ1n) is 4.51. The standard InChI is InChI=1S/C7H6N6O4S/c1-12-2-8-3(13(16)17)6(12)18-5-4(14)9-7(15)11-10-5/h2H,1H3,(H2,9,11,14,15). The topological polar surface area (TPSA) is 140 Å². The first kappa shape index (κ1) is 12.0. The van der Waals surface area contributed by atoms with E-state index < -0.39 is 16.2 Å². The molecule has 18 heavy (non-hydrogen) atoms. The predicted octanol–water partition coefficient (Wildman–Crippen LogP) is -0.749. The molecule has 0 saturated heterocycles.